The van der Waals surface area contributed by atoms with Crippen LogP contribution in [0.25, 0.3) is 0 Å². The van der Waals surface area contributed by atoms with Crippen molar-refractivity contribution in [1.29, 1.82) is 0 Å². The average Bonchev–Trinajstić information content (AvgIpc) is 3.41. The molecule has 4 atom stereocenters. The van der Waals surface area contributed by atoms with Gasteiger partial charge in [0.1, 0.15) is 23.9 Å². The lowest BCUT2D eigenvalue weighted by atomic mass is 10.1. The van der Waals surface area contributed by atoms with Crippen LogP contribution in [0.5, 0.6) is 0 Å². The Morgan fingerprint density at radius 2 is 1.92 bits per heavy atom. The van der Waals surface area contributed by atoms with Crippen LogP contribution >= 0.6 is 0 Å². The molecule has 0 saturated heterocycles. The molecule has 16 heteroatoms. The van der Waals surface area contributed by atoms with E-state index in [1.165, 1.54) is 23.1 Å². The second kappa shape index (κ2) is 10.5. The van der Waals surface area contributed by atoms with Gasteiger partial charge < -0.3 is 15.5 Å². The summed E-state index contributed by atoms with van der Waals surface area (Å²) in [5.41, 5.74) is -0.0106. The molecule has 0 radical (unpaired) electrons. The summed E-state index contributed by atoms with van der Waals surface area (Å²) in [6.07, 6.45) is 1.13. The summed E-state index contributed by atoms with van der Waals surface area (Å²) in [5.74, 6) is -5.68. The van der Waals surface area contributed by atoms with Crippen LogP contribution in [-0.2, 0) is 21.0 Å². The number of carbonyl (C=O) groups excluding carboxylic acids is 1. The molecule has 0 amide bonds. The van der Waals surface area contributed by atoms with Gasteiger partial charge in [-0.05, 0) is 30.2 Å². The summed E-state index contributed by atoms with van der Waals surface area (Å²) in [7, 11) is -4.24. The number of halogens is 3. The van der Waals surface area contributed by atoms with Crippen molar-refractivity contribution in [2.75, 3.05) is 11.9 Å². The molecule has 37 heavy (non-hydrogen) atoms. The molecule has 1 aliphatic carbocycles. The first kappa shape index (κ1) is 26.6. The minimum absolute atomic E-state index is 0.0153. The number of benzene rings is 1. The zero-order valence-electron chi connectivity index (χ0n) is 18.8. The molecule has 0 aliphatic heterocycles. The Labute approximate surface area is 208 Å². The predicted octanol–water partition coefficient (Wildman–Crippen LogP) is 0.112. The lowest BCUT2D eigenvalue weighted by Gasteiger charge is -2.19. The van der Waals surface area contributed by atoms with Crippen molar-refractivity contribution >= 4 is 21.9 Å². The van der Waals surface area contributed by atoms with Crippen molar-refractivity contribution in [3.63, 3.8) is 0 Å². The highest BCUT2D eigenvalue weighted by Gasteiger charge is 2.42. The third-order valence-electron chi connectivity index (χ3n) is 5.79. The van der Waals surface area contributed by atoms with Crippen LogP contribution in [-0.4, -0.2) is 69.0 Å². The van der Waals surface area contributed by atoms with Gasteiger partial charge >= 0.3 is 10.3 Å². The third kappa shape index (κ3) is 6.11. The number of hydrogen-bond acceptors (Lipinski definition) is 10. The number of ketones is 1. The molecule has 2 aromatic heterocycles. The number of aliphatic hydroxyl groups is 2. The minimum atomic E-state index is -4.24. The Hall–Kier alpha value is -3.44. The van der Waals surface area contributed by atoms with Crippen LogP contribution in [0.3, 0.4) is 0 Å². The van der Waals surface area contributed by atoms with Crippen molar-refractivity contribution < 1.29 is 40.8 Å². The lowest BCUT2D eigenvalue weighted by Crippen LogP contribution is -2.36. The zero-order valence-corrected chi connectivity index (χ0v) is 19.6. The van der Waals surface area contributed by atoms with Gasteiger partial charge in [-0.15, -0.1) is 0 Å². The highest BCUT2D eigenvalue weighted by molar-refractivity contribution is 7.84. The molecule has 1 aliphatic rings. The fourth-order valence-corrected chi connectivity index (χ4v) is 4.36. The van der Waals surface area contributed by atoms with Gasteiger partial charge in [0.2, 0.25) is 5.78 Å². The highest BCUT2D eigenvalue weighted by atomic mass is 32.2. The maximum Gasteiger partial charge on any atom is 0.333 e. The van der Waals surface area contributed by atoms with Crippen molar-refractivity contribution in [2.45, 2.75) is 31.2 Å². The minimum Gasteiger partial charge on any atom is -0.390 e. The molecular formula is C21H21F3N6O6S. The second-order valence-corrected chi connectivity index (χ2v) is 9.61. The highest BCUT2D eigenvalue weighted by Crippen LogP contribution is 2.30. The van der Waals surface area contributed by atoms with Crippen LogP contribution in [0, 0.1) is 23.4 Å². The number of carbonyl (C=O) groups is 1. The smallest absolute Gasteiger partial charge is 0.333 e. The van der Waals surface area contributed by atoms with E-state index in [4.69, 9.17) is 5.14 Å². The van der Waals surface area contributed by atoms with Gasteiger partial charge in [-0.1, -0.05) is 0 Å². The first-order chi connectivity index (χ1) is 17.4. The summed E-state index contributed by atoms with van der Waals surface area (Å²) in [5, 5.41) is 32.4. The van der Waals surface area contributed by atoms with E-state index < -0.39 is 64.3 Å². The standard InChI is InChI=1S/C21H21F3N6O6S/c22-13-3-10(4-14(23)17(13)24)7-30-2-1-15(29-30)19(32)12-6-26-9-27-21(12)28-16-5-11(18(31)20(16)33)8-36-37(25,34)35/h1-4,6,9,11,16,18,20,31,33H,5,7-8H2,(H2,25,34,35)(H,26,27,28)/t11-,16-,18-,20+/m1/s1. The Morgan fingerprint density at radius 1 is 1.22 bits per heavy atom. The number of nitrogens with two attached hydrogens (primary N) is 1. The molecule has 0 bridgehead atoms. The Bertz CT molecular complexity index is 1400. The third-order valence-corrected chi connectivity index (χ3v) is 6.25. The van der Waals surface area contributed by atoms with Crippen LogP contribution in [0.2, 0.25) is 0 Å². The lowest BCUT2D eigenvalue weighted by molar-refractivity contribution is 0.00778. The van der Waals surface area contributed by atoms with E-state index in [-0.39, 0.29) is 35.6 Å². The summed E-state index contributed by atoms with van der Waals surface area (Å²) in [6, 6.07) is 2.16. The van der Waals surface area contributed by atoms with Gasteiger partial charge in [0.05, 0.1) is 30.9 Å². The Morgan fingerprint density at radius 3 is 2.59 bits per heavy atom. The van der Waals surface area contributed by atoms with E-state index in [0.717, 1.165) is 18.5 Å². The molecule has 1 fully saturated rings. The molecule has 1 aromatic carbocycles. The number of nitrogens with zero attached hydrogens (tertiary/aromatic N) is 4. The molecule has 4 rings (SSSR count). The van der Waals surface area contributed by atoms with Crippen molar-refractivity contribution in [3.8, 4) is 0 Å². The Balaban J connectivity index is 1.48. The van der Waals surface area contributed by atoms with Crippen LogP contribution in [0.4, 0.5) is 19.0 Å². The number of aliphatic hydroxyl groups excluding tert-OH is 2. The van der Waals surface area contributed by atoms with E-state index >= 15 is 0 Å². The van der Waals surface area contributed by atoms with Gasteiger partial charge in [-0.25, -0.2) is 28.3 Å². The topological polar surface area (TPSA) is 183 Å². The van der Waals surface area contributed by atoms with Crippen LogP contribution in [0.15, 0.2) is 36.9 Å². The fraction of sp³-hybridized carbons (Fsp3) is 0.333. The van der Waals surface area contributed by atoms with Crippen molar-refractivity contribution in [3.05, 3.63) is 71.2 Å². The van der Waals surface area contributed by atoms with Gasteiger partial charge in [0.15, 0.2) is 17.5 Å². The number of anilines is 1. The molecule has 5 N–H and O–H groups in total. The van der Waals surface area contributed by atoms with Gasteiger partial charge in [-0.3, -0.25) is 13.7 Å². The molecule has 2 heterocycles. The molecular weight excluding hydrogens is 521 g/mol. The van der Waals surface area contributed by atoms with Crippen molar-refractivity contribution in [2.24, 2.45) is 11.1 Å². The average molecular weight is 542 g/mol. The normalized spacial score (nSPS) is 21.8. The van der Waals surface area contributed by atoms with Crippen LogP contribution < -0.4 is 10.5 Å². The number of aromatic nitrogens is 4. The van der Waals surface area contributed by atoms with E-state index in [0.29, 0.717) is 0 Å². The fourth-order valence-electron chi connectivity index (χ4n) is 4.00. The maximum absolute atomic E-state index is 13.5. The van der Waals surface area contributed by atoms with Crippen molar-refractivity contribution in [1.82, 2.24) is 19.7 Å². The summed E-state index contributed by atoms with van der Waals surface area (Å²) in [6.45, 7) is -0.601. The molecule has 0 spiro atoms. The maximum atomic E-state index is 13.5. The van der Waals surface area contributed by atoms with Gasteiger partial charge in [-0.2, -0.15) is 13.5 Å². The first-order valence-corrected chi connectivity index (χ1v) is 12.2. The second-order valence-electron chi connectivity index (χ2n) is 8.39. The van der Waals surface area contributed by atoms with E-state index in [2.05, 4.69) is 24.6 Å². The van der Waals surface area contributed by atoms with Gasteiger partial charge in [0.25, 0.3) is 0 Å². The van der Waals surface area contributed by atoms with E-state index in [1.54, 1.807) is 0 Å². The number of hydrogen-bond donors (Lipinski definition) is 4. The Kier molecular flexibility index (Phi) is 7.56. The summed E-state index contributed by atoms with van der Waals surface area (Å²) >= 11 is 0. The molecule has 3 aromatic rings. The quantitative estimate of drug-likeness (QED) is 0.214. The van der Waals surface area contributed by atoms with Gasteiger partial charge in [0, 0.05) is 18.3 Å². The first-order valence-electron chi connectivity index (χ1n) is 10.7. The van der Waals surface area contributed by atoms with Crippen LogP contribution in [0.1, 0.15) is 28.0 Å². The predicted molar refractivity (Wildman–Crippen MR) is 120 cm³/mol. The SMILES string of the molecule is NS(=O)(=O)OC[C@H]1C[C@@H](Nc2ncncc2C(=O)c2ccn(Cc3cc(F)c(F)c(F)c3)n2)[C@H](O)[C@@H]1O. The van der Waals surface area contributed by atoms with E-state index in [1.807, 2.05) is 0 Å². The molecule has 198 valence electrons. The molecule has 0 unspecified atom stereocenters. The molecule has 1 saturated carbocycles. The number of nitrogens with one attached hydrogen (secondary N) is 1. The largest absolute Gasteiger partial charge is 0.390 e. The zero-order chi connectivity index (χ0) is 26.9. The summed E-state index contributed by atoms with van der Waals surface area (Å²) < 4.78 is 68.0. The van der Waals surface area contributed by atoms with E-state index in [9.17, 15) is 36.6 Å². The summed E-state index contributed by atoms with van der Waals surface area (Å²) in [4.78, 5) is 21.0. The monoisotopic (exact) mass is 542 g/mol. The number of rotatable bonds is 9. The molecule has 12 nitrogen and oxygen atoms in total.